The van der Waals surface area contributed by atoms with Gasteiger partial charge in [0.2, 0.25) is 0 Å². The van der Waals surface area contributed by atoms with Crippen molar-refractivity contribution in [1.29, 1.82) is 0 Å². The Morgan fingerprint density at radius 1 is 0.972 bits per heavy atom. The van der Waals surface area contributed by atoms with E-state index in [1.165, 1.54) is 11.3 Å². The van der Waals surface area contributed by atoms with E-state index in [1.807, 2.05) is 67.6 Å². The fraction of sp³-hybridized carbons (Fsp3) is 0.107. The number of aromatic nitrogens is 2. The maximum Gasteiger partial charge on any atom is 0.269 e. The van der Waals surface area contributed by atoms with E-state index in [9.17, 15) is 4.79 Å². The van der Waals surface area contributed by atoms with E-state index in [-0.39, 0.29) is 5.91 Å². The number of hydrogen-bond donors (Lipinski definition) is 2. The van der Waals surface area contributed by atoms with Crippen LogP contribution in [0.4, 0.5) is 11.5 Å². The molecule has 0 aliphatic carbocycles. The van der Waals surface area contributed by atoms with E-state index < -0.39 is 0 Å². The van der Waals surface area contributed by atoms with Crippen LogP contribution in [0.25, 0.3) is 32.6 Å². The van der Waals surface area contributed by atoms with Gasteiger partial charge in [0.1, 0.15) is 27.0 Å². The average Bonchev–Trinajstić information content (AvgIpc) is 3.24. The Kier molecular flexibility index (Phi) is 6.26. The lowest BCUT2D eigenvalue weighted by atomic mass is 9.98. The van der Waals surface area contributed by atoms with Crippen LogP contribution in [0.3, 0.4) is 0 Å². The normalized spacial score (nSPS) is 10.9. The number of ether oxygens (including phenoxy) is 2. The molecule has 0 aliphatic rings. The topological polar surface area (TPSA) is 99.4 Å². The molecule has 7 nitrogen and oxygen atoms in total. The van der Waals surface area contributed by atoms with Crippen LogP contribution >= 0.6 is 11.3 Å². The summed E-state index contributed by atoms with van der Waals surface area (Å²) >= 11 is 1.25. The number of nitrogens with one attached hydrogen (secondary N) is 1. The van der Waals surface area contributed by atoms with Crippen LogP contribution in [-0.2, 0) is 0 Å². The van der Waals surface area contributed by atoms with Crippen LogP contribution in [0.15, 0.2) is 72.9 Å². The lowest BCUT2D eigenvalue weighted by Gasteiger charge is -2.14. The van der Waals surface area contributed by atoms with Crippen molar-refractivity contribution in [3.05, 3.63) is 83.4 Å². The minimum absolute atomic E-state index is 0.335. The molecule has 3 N–H and O–H groups in total. The van der Waals surface area contributed by atoms with E-state index in [0.717, 1.165) is 27.9 Å². The molecule has 0 saturated carbocycles. The van der Waals surface area contributed by atoms with Gasteiger partial charge in [-0.15, -0.1) is 11.3 Å². The number of nitrogen functional groups attached to an aromatic ring is 1. The zero-order chi connectivity index (χ0) is 25.2. The summed E-state index contributed by atoms with van der Waals surface area (Å²) in [6.45, 7) is 1.94. The third-order valence-corrected chi connectivity index (χ3v) is 6.93. The molecule has 0 bridgehead atoms. The van der Waals surface area contributed by atoms with Gasteiger partial charge in [-0.05, 0) is 48.9 Å². The predicted molar refractivity (Wildman–Crippen MR) is 145 cm³/mol. The second-order valence-electron chi connectivity index (χ2n) is 8.18. The van der Waals surface area contributed by atoms with Gasteiger partial charge in [0, 0.05) is 28.3 Å². The maximum absolute atomic E-state index is 13.2. The molecule has 3 aromatic heterocycles. The Labute approximate surface area is 212 Å². The van der Waals surface area contributed by atoms with Crippen molar-refractivity contribution in [3.63, 3.8) is 0 Å². The molecule has 5 aromatic rings. The van der Waals surface area contributed by atoms with Gasteiger partial charge in [0.15, 0.2) is 0 Å². The van der Waals surface area contributed by atoms with Crippen molar-refractivity contribution in [2.24, 2.45) is 0 Å². The number of nitrogens with zero attached hydrogens (tertiary/aromatic N) is 2. The predicted octanol–water partition coefficient (Wildman–Crippen LogP) is 6.19. The van der Waals surface area contributed by atoms with Gasteiger partial charge in [-0.1, -0.05) is 30.3 Å². The number of amides is 1. The first-order chi connectivity index (χ1) is 17.5. The highest BCUT2D eigenvalue weighted by Crippen LogP contribution is 2.44. The Hall–Kier alpha value is -4.43. The number of carbonyl (C=O) groups excluding carboxylic acids is 1. The molecule has 0 unspecified atom stereocenters. The average molecular weight is 497 g/mol. The van der Waals surface area contributed by atoms with Gasteiger partial charge in [0.05, 0.1) is 25.6 Å². The van der Waals surface area contributed by atoms with E-state index in [1.54, 1.807) is 26.5 Å². The van der Waals surface area contributed by atoms with Gasteiger partial charge >= 0.3 is 0 Å². The summed E-state index contributed by atoms with van der Waals surface area (Å²) in [6.07, 6.45) is 1.65. The number of carbonyl (C=O) groups is 1. The van der Waals surface area contributed by atoms with Crippen LogP contribution in [0, 0.1) is 6.92 Å². The van der Waals surface area contributed by atoms with Gasteiger partial charge in [0.25, 0.3) is 5.91 Å². The molecule has 0 fully saturated rings. The van der Waals surface area contributed by atoms with Crippen LogP contribution < -0.4 is 20.5 Å². The number of thiophene rings is 1. The number of pyridine rings is 2. The van der Waals surface area contributed by atoms with Crippen molar-refractivity contribution in [3.8, 4) is 33.9 Å². The molecule has 36 heavy (non-hydrogen) atoms. The standard InChI is InChI=1S/C28H24N4O3S/c1-16-11-12-30-23(13-16)32-27(33)26-25(29)24-20(19-14-18(34-2)9-10-22(19)35-3)15-21(31-28(24)36-26)17-7-5-4-6-8-17/h4-15H,29H2,1-3H3,(H,30,32,33). The van der Waals surface area contributed by atoms with E-state index in [4.69, 9.17) is 20.2 Å². The van der Waals surface area contributed by atoms with E-state index in [0.29, 0.717) is 38.1 Å². The minimum Gasteiger partial charge on any atom is -0.497 e. The Morgan fingerprint density at radius 3 is 2.50 bits per heavy atom. The summed E-state index contributed by atoms with van der Waals surface area (Å²) in [5, 5.41) is 3.54. The number of hydrogen-bond acceptors (Lipinski definition) is 7. The number of benzene rings is 2. The molecule has 0 radical (unpaired) electrons. The molecule has 5 rings (SSSR count). The number of anilines is 2. The first kappa shape index (κ1) is 23.3. The second kappa shape index (κ2) is 9.67. The van der Waals surface area contributed by atoms with E-state index >= 15 is 0 Å². The van der Waals surface area contributed by atoms with Crippen LogP contribution in [-0.4, -0.2) is 30.1 Å². The summed E-state index contributed by atoms with van der Waals surface area (Å²) in [5.74, 6) is 1.46. The minimum atomic E-state index is -0.335. The highest BCUT2D eigenvalue weighted by Gasteiger charge is 2.23. The van der Waals surface area contributed by atoms with Gasteiger partial charge < -0.3 is 20.5 Å². The van der Waals surface area contributed by atoms with Crippen molar-refractivity contribution >= 4 is 39.0 Å². The van der Waals surface area contributed by atoms with Crippen molar-refractivity contribution in [2.45, 2.75) is 6.92 Å². The molecular formula is C28H24N4O3S. The van der Waals surface area contributed by atoms with Crippen LogP contribution in [0.5, 0.6) is 11.5 Å². The van der Waals surface area contributed by atoms with Crippen LogP contribution in [0.2, 0.25) is 0 Å². The summed E-state index contributed by atoms with van der Waals surface area (Å²) in [6, 6.07) is 21.1. The molecule has 1 amide bonds. The quantitative estimate of drug-likeness (QED) is 0.291. The van der Waals surface area contributed by atoms with Crippen molar-refractivity contribution in [2.75, 3.05) is 25.3 Å². The number of rotatable bonds is 6. The molecule has 0 spiro atoms. The second-order valence-corrected chi connectivity index (χ2v) is 9.18. The highest BCUT2D eigenvalue weighted by molar-refractivity contribution is 7.21. The molecular weight excluding hydrogens is 472 g/mol. The lowest BCUT2D eigenvalue weighted by molar-refractivity contribution is 0.103. The molecule has 2 aromatic carbocycles. The fourth-order valence-electron chi connectivity index (χ4n) is 4.06. The SMILES string of the molecule is COc1ccc(OC)c(-c2cc(-c3ccccc3)nc3sc(C(=O)Nc4cc(C)ccn4)c(N)c23)c1. The van der Waals surface area contributed by atoms with Crippen molar-refractivity contribution in [1.82, 2.24) is 9.97 Å². The third kappa shape index (κ3) is 4.34. The number of aryl methyl sites for hydroxylation is 1. The van der Waals surface area contributed by atoms with Crippen LogP contribution in [0.1, 0.15) is 15.2 Å². The summed E-state index contributed by atoms with van der Waals surface area (Å²) in [7, 11) is 3.23. The first-order valence-corrected chi connectivity index (χ1v) is 12.0. The monoisotopic (exact) mass is 496 g/mol. The Bertz CT molecular complexity index is 1580. The van der Waals surface area contributed by atoms with E-state index in [2.05, 4.69) is 10.3 Å². The lowest BCUT2D eigenvalue weighted by Crippen LogP contribution is -2.13. The van der Waals surface area contributed by atoms with Gasteiger partial charge in [-0.25, -0.2) is 9.97 Å². The summed E-state index contributed by atoms with van der Waals surface area (Å²) < 4.78 is 11.2. The molecule has 0 atom stereocenters. The molecule has 0 aliphatic heterocycles. The Morgan fingerprint density at radius 2 is 1.78 bits per heavy atom. The molecule has 3 heterocycles. The zero-order valence-corrected chi connectivity index (χ0v) is 20.8. The first-order valence-electron chi connectivity index (χ1n) is 11.2. The summed E-state index contributed by atoms with van der Waals surface area (Å²) in [5.41, 5.74) is 11.3. The molecule has 0 saturated heterocycles. The number of fused-ring (bicyclic) bond motifs is 1. The zero-order valence-electron chi connectivity index (χ0n) is 20.0. The molecule has 180 valence electrons. The third-order valence-electron chi connectivity index (χ3n) is 5.83. The Balaban J connectivity index is 1.73. The van der Waals surface area contributed by atoms with Gasteiger partial charge in [-0.3, -0.25) is 4.79 Å². The smallest absolute Gasteiger partial charge is 0.269 e. The highest BCUT2D eigenvalue weighted by atomic mass is 32.1. The number of methoxy groups -OCH3 is 2. The van der Waals surface area contributed by atoms with Gasteiger partial charge in [-0.2, -0.15) is 0 Å². The maximum atomic E-state index is 13.2. The summed E-state index contributed by atoms with van der Waals surface area (Å²) in [4.78, 5) is 23.4. The number of nitrogens with two attached hydrogens (primary N) is 1. The fourth-order valence-corrected chi connectivity index (χ4v) is 5.08. The largest absolute Gasteiger partial charge is 0.497 e. The van der Waals surface area contributed by atoms with Crippen molar-refractivity contribution < 1.29 is 14.3 Å². The molecule has 8 heteroatoms.